The van der Waals surface area contributed by atoms with Crippen LogP contribution in [0.15, 0.2) is 59.4 Å². The molecule has 0 saturated heterocycles. The molecule has 0 bridgehead atoms. The first-order chi connectivity index (χ1) is 16.7. The summed E-state index contributed by atoms with van der Waals surface area (Å²) in [7, 11) is -3.95. The van der Waals surface area contributed by atoms with E-state index in [1.165, 1.54) is 0 Å². The smallest absolute Gasteiger partial charge is 0.325 e. The molecule has 190 valence electrons. The molecule has 1 aromatic heterocycles. The number of furan rings is 1. The summed E-state index contributed by atoms with van der Waals surface area (Å²) in [5, 5.41) is 3.84. The summed E-state index contributed by atoms with van der Waals surface area (Å²) in [5.41, 5.74) is 4.04. The molecule has 0 atom stereocenters. The Labute approximate surface area is 211 Å². The number of benzene rings is 2. The van der Waals surface area contributed by atoms with Crippen molar-refractivity contribution < 1.29 is 28.2 Å². The third kappa shape index (κ3) is 9.36. The highest BCUT2D eigenvalue weighted by atomic mass is 35.5. The molecule has 35 heavy (non-hydrogen) atoms. The highest BCUT2D eigenvalue weighted by Crippen LogP contribution is 2.35. The van der Waals surface area contributed by atoms with Gasteiger partial charge in [-0.3, -0.25) is 4.57 Å². The largest absolute Gasteiger partial charge is 0.493 e. The number of hydrogen-bond donors (Lipinski definition) is 3. The fraction of sp³-hybridized carbons (Fsp3) is 0.385. The lowest BCUT2D eigenvalue weighted by Crippen LogP contribution is -2.16. The predicted octanol–water partition coefficient (Wildman–Crippen LogP) is 6.06. The van der Waals surface area contributed by atoms with E-state index in [2.05, 4.69) is 5.32 Å². The average molecular weight is 522 g/mol. The number of hydrogen-bond acceptors (Lipinski definition) is 5. The minimum absolute atomic E-state index is 0.0752. The summed E-state index contributed by atoms with van der Waals surface area (Å²) in [5.74, 6) is 1.47. The summed E-state index contributed by atoms with van der Waals surface area (Å²) in [4.78, 5) is 17.9. The Hall–Kier alpha value is -2.28. The second-order valence-corrected chi connectivity index (χ2v) is 10.8. The molecule has 0 aliphatic carbocycles. The van der Waals surface area contributed by atoms with Crippen LogP contribution >= 0.6 is 19.2 Å². The second-order valence-electron chi connectivity index (χ2n) is 8.64. The van der Waals surface area contributed by atoms with Crippen LogP contribution in [0.4, 0.5) is 0 Å². The van der Waals surface area contributed by atoms with E-state index in [0.29, 0.717) is 36.9 Å². The normalized spacial score (nSPS) is 11.7. The maximum atomic E-state index is 11.0. The summed E-state index contributed by atoms with van der Waals surface area (Å²) in [6, 6.07) is 13.8. The Kier molecular flexibility index (Phi) is 10.3. The van der Waals surface area contributed by atoms with Gasteiger partial charge in [0.2, 0.25) is 0 Å². The lowest BCUT2D eigenvalue weighted by atomic mass is 10.0. The Morgan fingerprint density at radius 2 is 1.83 bits per heavy atom. The van der Waals surface area contributed by atoms with Crippen LogP contribution in [0.5, 0.6) is 11.5 Å². The maximum Gasteiger partial charge on any atom is 0.325 e. The summed E-state index contributed by atoms with van der Waals surface area (Å²) in [6.45, 7) is 5.60. The molecule has 0 aliphatic rings. The first kappa shape index (κ1) is 27.3. The van der Waals surface area contributed by atoms with E-state index < -0.39 is 7.60 Å². The topological polar surface area (TPSA) is 101 Å². The van der Waals surface area contributed by atoms with Gasteiger partial charge in [0.1, 0.15) is 11.5 Å². The highest BCUT2D eigenvalue weighted by molar-refractivity contribution is 7.51. The predicted molar refractivity (Wildman–Crippen MR) is 138 cm³/mol. The molecule has 0 radical (unpaired) electrons. The fourth-order valence-corrected chi connectivity index (χ4v) is 4.42. The van der Waals surface area contributed by atoms with E-state index in [9.17, 15) is 4.57 Å². The molecule has 9 heteroatoms. The van der Waals surface area contributed by atoms with E-state index in [-0.39, 0.29) is 12.3 Å². The van der Waals surface area contributed by atoms with Gasteiger partial charge in [0.15, 0.2) is 0 Å². The van der Waals surface area contributed by atoms with Crippen molar-refractivity contribution in [1.82, 2.24) is 5.32 Å². The van der Waals surface area contributed by atoms with Crippen molar-refractivity contribution in [2.24, 2.45) is 0 Å². The lowest BCUT2D eigenvalue weighted by molar-refractivity contribution is 0.242. The SMILES string of the molecule is CC(C)Oc1ccc(CCCOc2ccc(CNCCCP(=O)(O)O)cc2-c2ccoc2)cc1Cl. The van der Waals surface area contributed by atoms with Gasteiger partial charge in [-0.15, -0.1) is 0 Å². The molecular weight excluding hydrogens is 489 g/mol. The monoisotopic (exact) mass is 521 g/mol. The van der Waals surface area contributed by atoms with Gasteiger partial charge < -0.3 is 29.0 Å². The van der Waals surface area contributed by atoms with Crippen molar-refractivity contribution in [3.8, 4) is 22.6 Å². The van der Waals surface area contributed by atoms with Crippen molar-refractivity contribution in [3.63, 3.8) is 0 Å². The molecule has 3 rings (SSSR count). The first-order valence-electron chi connectivity index (χ1n) is 11.7. The van der Waals surface area contributed by atoms with Gasteiger partial charge in [-0.1, -0.05) is 23.7 Å². The minimum atomic E-state index is -3.95. The quantitative estimate of drug-likeness (QED) is 0.175. The third-order valence-electron chi connectivity index (χ3n) is 5.23. The molecule has 3 aromatic rings. The Bertz CT molecular complexity index is 1110. The van der Waals surface area contributed by atoms with Crippen LogP contribution in [-0.2, 0) is 17.5 Å². The fourth-order valence-electron chi connectivity index (χ4n) is 3.61. The summed E-state index contributed by atoms with van der Waals surface area (Å²) >= 11 is 6.34. The zero-order chi connectivity index (χ0) is 25.3. The Morgan fingerprint density at radius 3 is 2.51 bits per heavy atom. The zero-order valence-electron chi connectivity index (χ0n) is 20.1. The van der Waals surface area contributed by atoms with Crippen molar-refractivity contribution in [2.45, 2.75) is 45.8 Å². The Morgan fingerprint density at radius 1 is 1.06 bits per heavy atom. The van der Waals surface area contributed by atoms with Gasteiger partial charge in [0.25, 0.3) is 0 Å². The van der Waals surface area contributed by atoms with Crippen molar-refractivity contribution in [1.29, 1.82) is 0 Å². The van der Waals surface area contributed by atoms with Crippen LogP contribution in [0.1, 0.15) is 37.8 Å². The van der Waals surface area contributed by atoms with Crippen molar-refractivity contribution in [3.05, 3.63) is 71.1 Å². The molecule has 0 aliphatic heterocycles. The molecule has 0 spiro atoms. The van der Waals surface area contributed by atoms with Crippen molar-refractivity contribution >= 4 is 19.2 Å². The van der Waals surface area contributed by atoms with Gasteiger partial charge in [-0.25, -0.2) is 0 Å². The van der Waals surface area contributed by atoms with Crippen molar-refractivity contribution in [2.75, 3.05) is 19.3 Å². The molecule has 0 amide bonds. The molecule has 3 N–H and O–H groups in total. The number of rotatable bonds is 14. The zero-order valence-corrected chi connectivity index (χ0v) is 21.7. The summed E-state index contributed by atoms with van der Waals surface area (Å²) in [6.07, 6.45) is 5.35. The van der Waals surface area contributed by atoms with Crippen LogP contribution in [0.3, 0.4) is 0 Å². The molecule has 0 saturated carbocycles. The molecule has 2 aromatic carbocycles. The van der Waals surface area contributed by atoms with Crippen LogP contribution in [0.25, 0.3) is 11.1 Å². The Balaban J connectivity index is 1.55. The molecule has 0 fully saturated rings. The van der Waals surface area contributed by atoms with E-state index >= 15 is 0 Å². The van der Waals surface area contributed by atoms with Gasteiger partial charge in [0.05, 0.1) is 36.4 Å². The van der Waals surface area contributed by atoms with Gasteiger partial charge in [-0.05, 0) is 81.1 Å². The van der Waals surface area contributed by atoms with Gasteiger partial charge in [-0.2, -0.15) is 0 Å². The number of aryl methyl sites for hydroxylation is 1. The van der Waals surface area contributed by atoms with Crippen LogP contribution in [0, 0.1) is 0 Å². The second kappa shape index (κ2) is 13.1. The number of ether oxygens (including phenoxy) is 2. The van der Waals surface area contributed by atoms with Crippen LogP contribution in [-0.4, -0.2) is 35.2 Å². The van der Waals surface area contributed by atoms with E-state index in [4.69, 9.17) is 35.3 Å². The molecular formula is C26H33ClNO6P. The lowest BCUT2D eigenvalue weighted by Gasteiger charge is -2.14. The van der Waals surface area contributed by atoms with E-state index in [1.807, 2.05) is 56.3 Å². The summed E-state index contributed by atoms with van der Waals surface area (Å²) < 4.78 is 28.0. The standard InChI is InChI=1S/C26H33ClNO6P/c1-19(2)34-26-9-6-20(16-24(26)27)5-3-12-33-25-8-7-21(15-23(25)22-10-13-32-18-22)17-28-11-4-14-35(29,30)31/h6-10,13,15-16,18-19,28H,3-5,11-12,14,17H2,1-2H3,(H2,29,30,31). The van der Waals surface area contributed by atoms with Crippen LogP contribution in [0.2, 0.25) is 5.02 Å². The minimum Gasteiger partial charge on any atom is -0.493 e. The van der Waals surface area contributed by atoms with Crippen LogP contribution < -0.4 is 14.8 Å². The van der Waals surface area contributed by atoms with E-state index in [0.717, 1.165) is 40.8 Å². The van der Waals surface area contributed by atoms with Gasteiger partial charge >= 0.3 is 7.60 Å². The third-order valence-corrected chi connectivity index (χ3v) is 6.43. The maximum absolute atomic E-state index is 11.0. The molecule has 0 unspecified atom stereocenters. The van der Waals surface area contributed by atoms with Gasteiger partial charge in [0, 0.05) is 17.7 Å². The number of nitrogens with one attached hydrogen (secondary N) is 1. The number of halogens is 1. The average Bonchev–Trinajstić information content (AvgIpc) is 3.32. The molecule has 7 nitrogen and oxygen atoms in total. The first-order valence-corrected chi connectivity index (χ1v) is 13.9. The highest BCUT2D eigenvalue weighted by Gasteiger charge is 2.12. The van der Waals surface area contributed by atoms with E-state index in [1.54, 1.807) is 12.5 Å². The molecule has 1 heterocycles.